The van der Waals surface area contributed by atoms with Crippen LogP contribution in [0.3, 0.4) is 0 Å². The van der Waals surface area contributed by atoms with Crippen LogP contribution in [-0.4, -0.2) is 29.9 Å². The van der Waals surface area contributed by atoms with E-state index in [9.17, 15) is 9.59 Å². The molecule has 0 atom stereocenters. The molecule has 1 aromatic carbocycles. The van der Waals surface area contributed by atoms with Gasteiger partial charge in [0.2, 0.25) is 0 Å². The maximum absolute atomic E-state index is 12.6. The molecule has 1 aliphatic heterocycles. The fourth-order valence-electron chi connectivity index (χ4n) is 3.59. The molecule has 1 aromatic rings. The van der Waals surface area contributed by atoms with Gasteiger partial charge in [-0.25, -0.2) is 0 Å². The molecule has 21 heavy (non-hydrogen) atoms. The summed E-state index contributed by atoms with van der Waals surface area (Å²) < 4.78 is 4.82. The van der Waals surface area contributed by atoms with Crippen molar-refractivity contribution in [2.75, 3.05) is 7.11 Å². The van der Waals surface area contributed by atoms with E-state index < -0.39 is 0 Å². The highest BCUT2D eigenvalue weighted by Gasteiger charge is 2.36. The van der Waals surface area contributed by atoms with Gasteiger partial charge in [-0.1, -0.05) is 12.1 Å². The first-order valence-electron chi connectivity index (χ1n) is 7.59. The average Bonchev–Trinajstić information content (AvgIpc) is 2.85. The van der Waals surface area contributed by atoms with E-state index in [1.54, 1.807) is 0 Å². The summed E-state index contributed by atoms with van der Waals surface area (Å²) in [5.41, 5.74) is 3.20. The minimum absolute atomic E-state index is 0.00747. The number of carbonyl (C=O) groups is 2. The van der Waals surface area contributed by atoms with Crippen molar-refractivity contribution >= 4 is 11.9 Å². The highest BCUT2D eigenvalue weighted by Crippen LogP contribution is 2.34. The van der Waals surface area contributed by atoms with E-state index in [1.165, 1.54) is 12.7 Å². The van der Waals surface area contributed by atoms with Gasteiger partial charge in [0.1, 0.15) is 0 Å². The standard InChI is InChI=1S/C17H21NO3/c1-11-4-3-5-14-15(11)10-18(16(14)19)13-8-6-12(7-9-13)17(20)21-2/h3-5,12-13H,6-10H2,1-2H3. The Morgan fingerprint density at radius 1 is 1.24 bits per heavy atom. The second kappa shape index (κ2) is 5.51. The second-order valence-corrected chi connectivity index (χ2v) is 6.06. The van der Waals surface area contributed by atoms with Crippen LogP contribution in [-0.2, 0) is 16.1 Å². The van der Waals surface area contributed by atoms with Gasteiger partial charge in [-0.05, 0) is 49.8 Å². The zero-order valence-corrected chi connectivity index (χ0v) is 12.6. The van der Waals surface area contributed by atoms with E-state index in [0.717, 1.165) is 36.8 Å². The van der Waals surface area contributed by atoms with E-state index >= 15 is 0 Å². The largest absolute Gasteiger partial charge is 0.469 e. The maximum Gasteiger partial charge on any atom is 0.308 e. The molecule has 1 saturated carbocycles. The van der Waals surface area contributed by atoms with Crippen LogP contribution in [0, 0.1) is 12.8 Å². The summed E-state index contributed by atoms with van der Waals surface area (Å²) in [6, 6.07) is 6.18. The summed E-state index contributed by atoms with van der Waals surface area (Å²) in [6.07, 6.45) is 3.41. The van der Waals surface area contributed by atoms with Crippen molar-refractivity contribution < 1.29 is 14.3 Å². The van der Waals surface area contributed by atoms with Crippen molar-refractivity contribution in [2.45, 2.75) is 45.2 Å². The van der Waals surface area contributed by atoms with Gasteiger partial charge < -0.3 is 9.64 Å². The van der Waals surface area contributed by atoms with Crippen molar-refractivity contribution in [1.29, 1.82) is 0 Å². The molecule has 1 amide bonds. The Bertz CT molecular complexity index is 573. The first-order chi connectivity index (χ1) is 10.1. The predicted molar refractivity (Wildman–Crippen MR) is 78.8 cm³/mol. The molecular weight excluding hydrogens is 266 g/mol. The first kappa shape index (κ1) is 14.1. The Labute approximate surface area is 125 Å². The lowest BCUT2D eigenvalue weighted by atomic mass is 9.85. The van der Waals surface area contributed by atoms with Crippen LogP contribution < -0.4 is 0 Å². The summed E-state index contributed by atoms with van der Waals surface area (Å²) in [5.74, 6) is 0.0450. The normalized spacial score (nSPS) is 24.9. The Kier molecular flexibility index (Phi) is 3.70. The molecule has 1 fully saturated rings. The molecule has 1 aliphatic carbocycles. The molecule has 0 bridgehead atoms. The predicted octanol–water partition coefficient (Wildman–Crippen LogP) is 2.68. The fourth-order valence-corrected chi connectivity index (χ4v) is 3.59. The van der Waals surface area contributed by atoms with Crippen molar-refractivity contribution in [3.05, 3.63) is 34.9 Å². The van der Waals surface area contributed by atoms with Gasteiger partial charge in [-0.3, -0.25) is 9.59 Å². The summed E-state index contributed by atoms with van der Waals surface area (Å²) in [5, 5.41) is 0. The van der Waals surface area contributed by atoms with Crippen molar-refractivity contribution in [1.82, 2.24) is 4.90 Å². The highest BCUT2D eigenvalue weighted by molar-refractivity contribution is 5.99. The molecular formula is C17H21NO3. The van der Waals surface area contributed by atoms with Crippen molar-refractivity contribution in [3.63, 3.8) is 0 Å². The van der Waals surface area contributed by atoms with Gasteiger partial charge >= 0.3 is 5.97 Å². The summed E-state index contributed by atoms with van der Waals surface area (Å²) in [6.45, 7) is 2.78. The summed E-state index contributed by atoms with van der Waals surface area (Å²) >= 11 is 0. The summed E-state index contributed by atoms with van der Waals surface area (Å²) in [4.78, 5) is 26.1. The molecule has 2 aliphatic rings. The third-order valence-electron chi connectivity index (χ3n) is 4.90. The number of carbonyl (C=O) groups excluding carboxylic acids is 2. The van der Waals surface area contributed by atoms with Crippen molar-refractivity contribution in [2.24, 2.45) is 5.92 Å². The minimum atomic E-state index is -0.111. The molecule has 0 aromatic heterocycles. The van der Waals surface area contributed by atoms with Crippen LogP contribution in [0.1, 0.15) is 47.2 Å². The van der Waals surface area contributed by atoms with Gasteiger partial charge in [0.05, 0.1) is 13.0 Å². The molecule has 112 valence electrons. The quantitative estimate of drug-likeness (QED) is 0.786. The topological polar surface area (TPSA) is 46.6 Å². The van der Waals surface area contributed by atoms with Crippen LogP contribution in [0.2, 0.25) is 0 Å². The van der Waals surface area contributed by atoms with E-state index in [0.29, 0.717) is 6.54 Å². The van der Waals surface area contributed by atoms with Gasteiger partial charge in [-0.15, -0.1) is 0 Å². The second-order valence-electron chi connectivity index (χ2n) is 6.06. The van der Waals surface area contributed by atoms with E-state index in [2.05, 4.69) is 13.0 Å². The number of ether oxygens (including phenoxy) is 1. The SMILES string of the molecule is COC(=O)C1CCC(N2Cc3c(C)cccc3C2=O)CC1. The van der Waals surface area contributed by atoms with Crippen LogP contribution in [0.5, 0.6) is 0 Å². The third-order valence-corrected chi connectivity index (χ3v) is 4.90. The number of rotatable bonds is 2. The number of hydrogen-bond acceptors (Lipinski definition) is 3. The lowest BCUT2D eigenvalue weighted by molar-refractivity contribution is -0.146. The number of methoxy groups -OCH3 is 1. The van der Waals surface area contributed by atoms with Crippen LogP contribution in [0.15, 0.2) is 18.2 Å². The third kappa shape index (κ3) is 2.43. The maximum atomic E-state index is 12.6. The number of nitrogens with zero attached hydrogens (tertiary/aromatic N) is 1. The number of benzene rings is 1. The molecule has 3 rings (SSSR count). The zero-order valence-electron chi connectivity index (χ0n) is 12.6. The average molecular weight is 287 g/mol. The lowest BCUT2D eigenvalue weighted by Gasteiger charge is -2.33. The highest BCUT2D eigenvalue weighted by atomic mass is 16.5. The number of amides is 1. The van der Waals surface area contributed by atoms with E-state index in [4.69, 9.17) is 4.74 Å². The first-order valence-corrected chi connectivity index (χ1v) is 7.59. The molecule has 4 heteroatoms. The van der Waals surface area contributed by atoms with Crippen LogP contribution in [0.25, 0.3) is 0 Å². The Balaban J connectivity index is 1.70. The molecule has 0 spiro atoms. The summed E-state index contributed by atoms with van der Waals surface area (Å²) in [7, 11) is 1.44. The monoisotopic (exact) mass is 287 g/mol. The van der Waals surface area contributed by atoms with Gasteiger partial charge in [0, 0.05) is 18.2 Å². The lowest BCUT2D eigenvalue weighted by Crippen LogP contribution is -2.39. The van der Waals surface area contributed by atoms with Gasteiger partial charge in [0.25, 0.3) is 5.91 Å². The van der Waals surface area contributed by atoms with E-state index in [1.807, 2.05) is 17.0 Å². The fraction of sp³-hybridized carbons (Fsp3) is 0.529. The number of aryl methyl sites for hydroxylation is 1. The van der Waals surface area contributed by atoms with Crippen LogP contribution in [0.4, 0.5) is 0 Å². The van der Waals surface area contributed by atoms with Crippen LogP contribution >= 0.6 is 0 Å². The Morgan fingerprint density at radius 2 is 1.95 bits per heavy atom. The number of esters is 1. The molecule has 0 radical (unpaired) electrons. The minimum Gasteiger partial charge on any atom is -0.469 e. The zero-order chi connectivity index (χ0) is 15.0. The smallest absolute Gasteiger partial charge is 0.308 e. The molecule has 4 nitrogen and oxygen atoms in total. The Morgan fingerprint density at radius 3 is 2.57 bits per heavy atom. The molecule has 1 heterocycles. The molecule has 0 N–H and O–H groups in total. The molecule has 0 saturated heterocycles. The number of hydrogen-bond donors (Lipinski definition) is 0. The molecule has 0 unspecified atom stereocenters. The van der Waals surface area contributed by atoms with Crippen molar-refractivity contribution in [3.8, 4) is 0 Å². The van der Waals surface area contributed by atoms with E-state index in [-0.39, 0.29) is 23.8 Å². The number of fused-ring (bicyclic) bond motifs is 1. The van der Waals surface area contributed by atoms with Gasteiger partial charge in [-0.2, -0.15) is 0 Å². The Hall–Kier alpha value is -1.84. The van der Waals surface area contributed by atoms with Gasteiger partial charge in [0.15, 0.2) is 0 Å².